The zero-order chi connectivity index (χ0) is 51.7. The van der Waals surface area contributed by atoms with Crippen molar-refractivity contribution in [1.82, 2.24) is 19.3 Å². The molecule has 10 rings (SSSR count). The van der Waals surface area contributed by atoms with Crippen molar-refractivity contribution in [1.29, 1.82) is 0 Å². The second kappa shape index (κ2) is 16.8. The zero-order valence-corrected chi connectivity index (χ0v) is 43.1. The first-order valence-corrected chi connectivity index (χ1v) is 23.0. The number of nitrogens with zero attached hydrogens (tertiary/aromatic N) is 5. The molecule has 0 radical (unpaired) electrons. The predicted molar refractivity (Wildman–Crippen MR) is 277 cm³/mol. The molecule has 0 aliphatic carbocycles. The number of rotatable bonds is 5. The molecule has 0 spiro atoms. The molecular weight excluding hydrogens is 1020 g/mol. The Morgan fingerprint density at radius 2 is 1.40 bits per heavy atom. The van der Waals surface area contributed by atoms with Crippen molar-refractivity contribution in [3.05, 3.63) is 168 Å². The maximum atomic E-state index is 12.8. The van der Waals surface area contributed by atoms with Gasteiger partial charge in [-0.1, -0.05) is 179 Å². The van der Waals surface area contributed by atoms with Gasteiger partial charge in [-0.25, -0.2) is 9.98 Å². The zero-order valence-electron chi connectivity index (χ0n) is 45.8. The molecule has 9 heteroatoms. The van der Waals surface area contributed by atoms with Crippen LogP contribution in [0.4, 0.5) is 5.82 Å². The van der Waals surface area contributed by atoms with E-state index >= 15 is 0 Å². The molecular formula is C59H59BN5O2Pt-. The standard InChI is InChI=1S/C59H59BN5O2.Pt/c1-56(2,3)40-26-27-48(42(33-40)37-22-17-14-18-23-37)64-54(43-34-41(57(4,5)6)35-44(51(43)66)58(7,8)9)63-53-55(64)62-49-24-19-25-50-65(49)60(53)46-31-39(30-45(52(46)67-50)59(10,11)12)47-32-38(28-29-61-47)36-20-15-13-16-21-36;/h13-30,32-35,66H,1-12H3;/q-1;/i14D,17D,18D,22D,23D;. The number of hydrogen-bond acceptors (Lipinski definition) is 6. The fourth-order valence-corrected chi connectivity index (χ4v) is 9.22. The minimum Gasteiger partial charge on any atom is -0.507 e. The average Bonchev–Trinajstić information content (AvgIpc) is 3.70. The molecule has 0 saturated carbocycles. The summed E-state index contributed by atoms with van der Waals surface area (Å²) in [7, 11) is 0. The van der Waals surface area contributed by atoms with Crippen LogP contribution in [0.1, 0.15) is 112 Å². The number of aromatic nitrogens is 3. The number of ether oxygens (including phenoxy) is 1. The third-order valence-electron chi connectivity index (χ3n) is 13.0. The van der Waals surface area contributed by atoms with Crippen LogP contribution in [-0.4, -0.2) is 37.1 Å². The Balaban J connectivity index is 0.00000656. The van der Waals surface area contributed by atoms with Crippen LogP contribution in [0.5, 0.6) is 11.5 Å². The van der Waals surface area contributed by atoms with E-state index in [2.05, 4.69) is 119 Å². The van der Waals surface area contributed by atoms with Crippen molar-refractivity contribution in [3.8, 4) is 62.1 Å². The maximum absolute atomic E-state index is 12.8. The molecule has 0 bridgehead atoms. The summed E-state index contributed by atoms with van der Waals surface area (Å²) in [6.45, 7) is 24.7. The Kier molecular flexibility index (Phi) is 10.1. The number of aliphatic imine (C=N–C) groups is 1. The Bertz CT molecular complexity index is 3490. The van der Waals surface area contributed by atoms with E-state index in [9.17, 15) is 7.85 Å². The van der Waals surface area contributed by atoms with Crippen LogP contribution >= 0.6 is 0 Å². The number of hydrogen-bond donors (Lipinski definition) is 1. The molecule has 7 nitrogen and oxygen atoms in total. The molecule has 68 heavy (non-hydrogen) atoms. The Morgan fingerprint density at radius 1 is 0.706 bits per heavy atom. The van der Waals surface area contributed by atoms with Crippen molar-refractivity contribution < 1.29 is 37.8 Å². The van der Waals surface area contributed by atoms with E-state index in [-0.39, 0.29) is 49.9 Å². The van der Waals surface area contributed by atoms with Crippen molar-refractivity contribution in [2.24, 2.45) is 4.99 Å². The van der Waals surface area contributed by atoms with Crippen LogP contribution in [0.2, 0.25) is 0 Å². The van der Waals surface area contributed by atoms with Crippen molar-refractivity contribution in [2.45, 2.75) is 105 Å². The van der Waals surface area contributed by atoms with Gasteiger partial charge in [0.2, 0.25) is 0 Å². The quantitative estimate of drug-likeness (QED) is 0.137. The Morgan fingerprint density at radius 3 is 2.07 bits per heavy atom. The van der Waals surface area contributed by atoms with E-state index in [1.807, 2.05) is 82.3 Å². The molecule has 0 unspecified atom stereocenters. The van der Waals surface area contributed by atoms with Gasteiger partial charge < -0.3 is 19.6 Å². The van der Waals surface area contributed by atoms with Crippen LogP contribution in [0, 0.1) is 6.07 Å². The molecule has 5 heterocycles. The van der Waals surface area contributed by atoms with Crippen LogP contribution < -0.4 is 15.8 Å². The number of phenolic OH excluding ortho intramolecular Hbond substituents is 1. The predicted octanol–water partition coefficient (Wildman–Crippen LogP) is 12.9. The number of fused-ring (bicyclic) bond motifs is 4. The van der Waals surface area contributed by atoms with Gasteiger partial charge in [0, 0.05) is 44.1 Å². The molecule has 0 fully saturated rings. The normalized spacial score (nSPS) is 15.3. The summed E-state index contributed by atoms with van der Waals surface area (Å²) in [6.07, 6.45) is 7.60. The first kappa shape index (κ1) is 40.8. The summed E-state index contributed by atoms with van der Waals surface area (Å²) in [6, 6.07) is 28.2. The SMILES string of the molecule is [2H]c1c([2H])c([2H])c(-c2cc(C(C)(C)C)ccc2-n2c(-c3cc(C(C)(C)C)cc(C(C)(C)C)c3O)nc3c2N=C2C=CC=C4Oc5c([c-]c(-c6cc(-c7ccccc7)ccn6)cc5C(C)(C)C)B3N42)c([2H])c1[2H].[Pt]. The summed E-state index contributed by atoms with van der Waals surface area (Å²) in [5.74, 6) is 2.65. The molecule has 3 aliphatic rings. The fourth-order valence-electron chi connectivity index (χ4n) is 9.22. The Labute approximate surface area is 424 Å². The summed E-state index contributed by atoms with van der Waals surface area (Å²) in [4.78, 5) is 18.1. The summed E-state index contributed by atoms with van der Waals surface area (Å²) >= 11 is 0. The van der Waals surface area contributed by atoms with E-state index in [1.54, 1.807) is 0 Å². The van der Waals surface area contributed by atoms with Gasteiger partial charge in [-0.2, -0.15) is 0 Å². The van der Waals surface area contributed by atoms with Gasteiger partial charge in [-0.3, -0.25) is 4.57 Å². The van der Waals surface area contributed by atoms with E-state index in [1.165, 1.54) is 0 Å². The molecule has 1 N–H and O–H groups in total. The van der Waals surface area contributed by atoms with Gasteiger partial charge in [0.1, 0.15) is 17.4 Å². The third-order valence-corrected chi connectivity index (χ3v) is 13.0. The van der Waals surface area contributed by atoms with Crippen molar-refractivity contribution in [3.63, 3.8) is 0 Å². The molecule has 0 amide bonds. The molecule has 5 aromatic carbocycles. The molecule has 346 valence electrons. The number of amidine groups is 1. The molecule has 2 aromatic heterocycles. The largest absolute Gasteiger partial charge is 0.507 e. The second-order valence-corrected chi connectivity index (χ2v) is 22.0. The Hall–Kier alpha value is -6.24. The molecule has 3 aliphatic heterocycles. The van der Waals surface area contributed by atoms with Crippen LogP contribution in [-0.2, 0) is 42.7 Å². The smallest absolute Gasteiger partial charge is 0.342 e. The first-order valence-electron chi connectivity index (χ1n) is 25.5. The van der Waals surface area contributed by atoms with Gasteiger partial charge >= 0.3 is 6.85 Å². The minimum absolute atomic E-state index is 0. The van der Waals surface area contributed by atoms with Crippen LogP contribution in [0.3, 0.4) is 0 Å². The van der Waals surface area contributed by atoms with Crippen LogP contribution in [0.15, 0.2) is 144 Å². The summed E-state index contributed by atoms with van der Waals surface area (Å²) in [5, 5.41) is 12.8. The monoisotopic (exact) mass is 1080 g/mol. The first-order chi connectivity index (χ1) is 33.7. The van der Waals surface area contributed by atoms with E-state index in [0.29, 0.717) is 51.5 Å². The molecule has 0 atom stereocenters. The van der Waals surface area contributed by atoms with Crippen LogP contribution in [0.25, 0.3) is 50.6 Å². The minimum atomic E-state index is -0.668. The number of benzene rings is 5. The molecule has 0 saturated heterocycles. The maximum Gasteiger partial charge on any atom is 0.342 e. The number of phenols is 1. The second-order valence-electron chi connectivity index (χ2n) is 22.0. The fraction of sp³-hybridized carbons (Fsp3) is 0.271. The summed E-state index contributed by atoms with van der Waals surface area (Å²) < 4.78 is 53.9. The van der Waals surface area contributed by atoms with E-state index < -0.39 is 41.2 Å². The molecule has 7 aromatic rings. The van der Waals surface area contributed by atoms with Crippen molar-refractivity contribution in [2.75, 3.05) is 0 Å². The van der Waals surface area contributed by atoms with Gasteiger partial charge in [-0.15, -0.1) is 17.7 Å². The number of pyridine rings is 1. The van der Waals surface area contributed by atoms with Crippen molar-refractivity contribution >= 4 is 29.6 Å². The van der Waals surface area contributed by atoms with Gasteiger partial charge in [0.05, 0.1) is 23.7 Å². The number of aromatic hydroxyl groups is 1. The average molecular weight is 1080 g/mol. The van der Waals surface area contributed by atoms with Gasteiger partial charge in [0.15, 0.2) is 11.7 Å². The number of allylic oxidation sites excluding steroid dienone is 2. The van der Waals surface area contributed by atoms with Gasteiger partial charge in [0.25, 0.3) is 0 Å². The summed E-state index contributed by atoms with van der Waals surface area (Å²) in [5.41, 5.74) is 8.14. The van der Waals surface area contributed by atoms with E-state index in [4.69, 9.17) is 23.8 Å². The topological polar surface area (TPSA) is 75.8 Å². The third kappa shape index (κ3) is 8.19. The number of imidazole rings is 1. The van der Waals surface area contributed by atoms with E-state index in [0.717, 1.165) is 50.1 Å². The van der Waals surface area contributed by atoms with Gasteiger partial charge in [-0.05, 0) is 91.6 Å².